The normalized spacial score (nSPS) is 26.0. The van der Waals surface area contributed by atoms with Gasteiger partial charge in [0.05, 0.1) is 17.1 Å². The van der Waals surface area contributed by atoms with Crippen molar-refractivity contribution in [3.8, 4) is 5.88 Å². The molecular weight excluding hydrogens is 442 g/mol. The van der Waals surface area contributed by atoms with E-state index in [-0.39, 0.29) is 0 Å². The van der Waals surface area contributed by atoms with E-state index in [1.54, 1.807) is 32.3 Å². The van der Waals surface area contributed by atoms with Gasteiger partial charge in [-0.25, -0.2) is 9.97 Å². The molecule has 2 aliphatic carbocycles. The van der Waals surface area contributed by atoms with Gasteiger partial charge in [-0.05, 0) is 75.7 Å². The molecule has 0 bridgehead atoms. The van der Waals surface area contributed by atoms with Gasteiger partial charge in [-0.1, -0.05) is 18.2 Å². The first-order valence-electron chi connectivity index (χ1n) is 12.0. The number of amides is 1. The van der Waals surface area contributed by atoms with Crippen LogP contribution in [0.2, 0.25) is 0 Å². The largest absolute Gasteiger partial charge is 0.463 e. The van der Waals surface area contributed by atoms with Crippen LogP contribution in [-0.4, -0.2) is 52.4 Å². The fourth-order valence-corrected chi connectivity index (χ4v) is 5.81. The van der Waals surface area contributed by atoms with E-state index in [0.29, 0.717) is 29.1 Å². The van der Waals surface area contributed by atoms with Crippen molar-refractivity contribution in [3.05, 3.63) is 60.4 Å². The molecule has 2 aromatic heterocycles. The van der Waals surface area contributed by atoms with Crippen LogP contribution in [-0.2, 0) is 4.79 Å². The van der Waals surface area contributed by atoms with Crippen LogP contribution in [0, 0.1) is 5.92 Å². The summed E-state index contributed by atoms with van der Waals surface area (Å²) in [6.45, 7) is 3.42. The molecule has 182 valence electrons. The van der Waals surface area contributed by atoms with Gasteiger partial charge in [0.25, 0.3) is 0 Å². The van der Waals surface area contributed by atoms with Crippen LogP contribution in [0.1, 0.15) is 43.5 Å². The molecule has 35 heavy (non-hydrogen) atoms. The average Bonchev–Trinajstić information content (AvgIpc) is 3.48. The van der Waals surface area contributed by atoms with Crippen molar-refractivity contribution in [2.75, 3.05) is 11.9 Å². The molecule has 8 heteroatoms. The predicted molar refractivity (Wildman–Crippen MR) is 134 cm³/mol. The number of piperidine rings is 1. The molecule has 0 radical (unpaired) electrons. The Labute approximate surface area is 204 Å². The smallest absolute Gasteiger partial charge is 0.250 e. The third-order valence-corrected chi connectivity index (χ3v) is 7.66. The molecule has 3 N–H and O–H groups in total. The van der Waals surface area contributed by atoms with E-state index in [9.17, 15) is 9.59 Å². The van der Waals surface area contributed by atoms with Crippen molar-refractivity contribution in [2.24, 2.45) is 11.7 Å². The molecule has 2 saturated carbocycles. The maximum atomic E-state index is 11.1. The van der Waals surface area contributed by atoms with E-state index < -0.39 is 11.5 Å². The van der Waals surface area contributed by atoms with Crippen LogP contribution in [0.4, 0.5) is 5.82 Å². The van der Waals surface area contributed by atoms with Crippen molar-refractivity contribution >= 4 is 28.8 Å². The molecule has 8 nitrogen and oxygen atoms in total. The molecule has 4 atom stereocenters. The SMILES string of the molecule is CC(C)(C=O)Oc1nccc2ccccc12.CNC1CC2N(c3ccc(C(N)=O)cn3)C23CCC13. The number of primary amides is 1. The lowest BCUT2D eigenvalue weighted by Gasteiger charge is -2.40. The highest BCUT2D eigenvalue weighted by atomic mass is 16.5. The zero-order chi connectivity index (χ0) is 24.8. The van der Waals surface area contributed by atoms with Crippen LogP contribution in [0.3, 0.4) is 0 Å². The van der Waals surface area contributed by atoms with Crippen LogP contribution in [0.25, 0.3) is 10.8 Å². The molecular formula is C27H31N5O3. The third kappa shape index (κ3) is 3.91. The average molecular weight is 474 g/mol. The monoisotopic (exact) mass is 473 g/mol. The van der Waals surface area contributed by atoms with Gasteiger partial charge in [0.2, 0.25) is 11.8 Å². The summed E-state index contributed by atoms with van der Waals surface area (Å²) in [5.74, 6) is 1.84. The summed E-state index contributed by atoms with van der Waals surface area (Å²) in [4.78, 5) is 32.9. The molecule has 3 fully saturated rings. The first-order valence-corrected chi connectivity index (χ1v) is 12.0. The number of aldehydes is 1. The van der Waals surface area contributed by atoms with Crippen LogP contribution in [0.15, 0.2) is 54.9 Å². The lowest BCUT2D eigenvalue weighted by Crippen LogP contribution is -2.47. The van der Waals surface area contributed by atoms with Crippen LogP contribution >= 0.6 is 0 Å². The van der Waals surface area contributed by atoms with Gasteiger partial charge in [0, 0.05) is 23.8 Å². The fourth-order valence-electron chi connectivity index (χ4n) is 5.81. The standard InChI is InChI=1S/C14H18N4O.C13H13NO2/c1-16-10-6-11-14(5-4-9(10)14)18(11)12-3-2-8(7-17-12)13(15)19;1-13(2,9-15)16-12-11-6-4-3-5-10(11)7-8-14-12/h2-3,7,9-11,16H,4-6H2,1H3,(H2,15,19);3-9H,1-2H3. The van der Waals surface area contributed by atoms with Crippen molar-refractivity contribution in [3.63, 3.8) is 0 Å². The van der Waals surface area contributed by atoms with E-state index in [1.165, 1.54) is 19.3 Å². The predicted octanol–water partition coefficient (Wildman–Crippen LogP) is 3.10. The number of nitrogens with two attached hydrogens (primary N) is 1. The van der Waals surface area contributed by atoms with Crippen molar-refractivity contribution in [2.45, 2.75) is 56.3 Å². The van der Waals surface area contributed by atoms with Crippen LogP contribution in [0.5, 0.6) is 5.88 Å². The number of aromatic nitrogens is 2. The molecule has 3 aliphatic rings. The molecule has 1 aromatic carbocycles. The maximum absolute atomic E-state index is 11.1. The molecule has 1 saturated heterocycles. The quantitative estimate of drug-likeness (QED) is 0.418. The summed E-state index contributed by atoms with van der Waals surface area (Å²) >= 11 is 0. The number of hydrogen-bond acceptors (Lipinski definition) is 7. The number of pyridine rings is 2. The van der Waals surface area contributed by atoms with Gasteiger partial charge >= 0.3 is 0 Å². The van der Waals surface area contributed by atoms with Gasteiger partial charge in [0.15, 0.2) is 11.9 Å². The Hall–Kier alpha value is -3.52. The minimum atomic E-state index is -0.850. The summed E-state index contributed by atoms with van der Waals surface area (Å²) in [5.41, 5.74) is 5.24. The second-order valence-electron chi connectivity index (χ2n) is 10.1. The molecule has 3 aromatic rings. The van der Waals surface area contributed by atoms with Gasteiger partial charge < -0.3 is 20.7 Å². The first-order chi connectivity index (χ1) is 16.8. The number of benzene rings is 1. The Bertz CT molecular complexity index is 1260. The number of hydrogen-bond donors (Lipinski definition) is 2. The Morgan fingerprint density at radius 1 is 1.23 bits per heavy atom. The summed E-state index contributed by atoms with van der Waals surface area (Å²) in [6.07, 6.45) is 7.85. The van der Waals surface area contributed by atoms with E-state index in [4.69, 9.17) is 10.5 Å². The number of rotatable bonds is 6. The second kappa shape index (κ2) is 8.61. The number of fused-ring (bicyclic) bond motifs is 1. The van der Waals surface area contributed by atoms with Crippen LogP contribution < -0.4 is 20.7 Å². The molecule has 6 rings (SSSR count). The zero-order valence-corrected chi connectivity index (χ0v) is 20.3. The number of ether oxygens (including phenoxy) is 1. The third-order valence-electron chi connectivity index (χ3n) is 7.66. The number of carbonyl (C=O) groups excluding carboxylic acids is 2. The summed E-state index contributed by atoms with van der Waals surface area (Å²) < 4.78 is 5.59. The Morgan fingerprint density at radius 3 is 2.63 bits per heavy atom. The number of anilines is 1. The Kier molecular flexibility index (Phi) is 5.71. The lowest BCUT2D eigenvalue weighted by atomic mass is 9.72. The number of nitrogens with one attached hydrogen (secondary N) is 1. The summed E-state index contributed by atoms with van der Waals surface area (Å²) in [7, 11) is 2.06. The Balaban J connectivity index is 0.000000148. The van der Waals surface area contributed by atoms with Gasteiger partial charge in [-0.15, -0.1) is 0 Å². The number of nitrogens with zero attached hydrogens (tertiary/aromatic N) is 3. The maximum Gasteiger partial charge on any atom is 0.250 e. The molecule has 3 heterocycles. The molecule has 4 unspecified atom stereocenters. The topological polar surface area (TPSA) is 110 Å². The summed E-state index contributed by atoms with van der Waals surface area (Å²) in [5, 5.41) is 5.41. The number of carbonyl (C=O) groups is 2. The highest BCUT2D eigenvalue weighted by Gasteiger charge is 2.76. The molecule has 1 amide bonds. The van der Waals surface area contributed by atoms with E-state index in [1.807, 2.05) is 36.4 Å². The fraction of sp³-hybridized carbons (Fsp3) is 0.407. The second-order valence-corrected chi connectivity index (χ2v) is 10.1. The highest BCUT2D eigenvalue weighted by Crippen LogP contribution is 2.67. The van der Waals surface area contributed by atoms with Gasteiger partial charge in [-0.2, -0.15) is 0 Å². The van der Waals surface area contributed by atoms with E-state index >= 15 is 0 Å². The lowest BCUT2D eigenvalue weighted by molar-refractivity contribution is -0.119. The van der Waals surface area contributed by atoms with Crippen molar-refractivity contribution in [1.29, 1.82) is 0 Å². The molecule has 1 spiro atoms. The van der Waals surface area contributed by atoms with Gasteiger partial charge in [-0.3, -0.25) is 9.59 Å². The van der Waals surface area contributed by atoms with E-state index in [2.05, 4.69) is 27.2 Å². The Morgan fingerprint density at radius 2 is 2.03 bits per heavy atom. The summed E-state index contributed by atoms with van der Waals surface area (Å²) in [6, 6.07) is 14.7. The van der Waals surface area contributed by atoms with Crippen molar-refractivity contribution in [1.82, 2.24) is 15.3 Å². The minimum absolute atomic E-state index is 0.370. The minimum Gasteiger partial charge on any atom is -0.463 e. The molecule has 1 aliphatic heterocycles. The van der Waals surface area contributed by atoms with Gasteiger partial charge in [0.1, 0.15) is 5.82 Å². The highest BCUT2D eigenvalue weighted by molar-refractivity contribution is 5.92. The van der Waals surface area contributed by atoms with Crippen molar-refractivity contribution < 1.29 is 14.3 Å². The van der Waals surface area contributed by atoms with E-state index in [0.717, 1.165) is 28.8 Å². The zero-order valence-electron chi connectivity index (χ0n) is 20.3. The first kappa shape index (κ1) is 23.2.